The standard InChI is InChI=1S/C16H24N2O2/c1-2-3-14(17)12-6-7-18(11-12)13-4-5-15-16(10-13)20-9-8-19-15/h4-5,10,12,14H,2-3,6-9,11,17H2,1H3. The number of nitrogens with two attached hydrogens (primary N) is 1. The fourth-order valence-electron chi connectivity index (χ4n) is 3.17. The summed E-state index contributed by atoms with van der Waals surface area (Å²) in [4.78, 5) is 2.42. The molecule has 20 heavy (non-hydrogen) atoms. The van der Waals surface area contributed by atoms with Gasteiger partial charge in [-0.05, 0) is 30.9 Å². The molecule has 0 bridgehead atoms. The van der Waals surface area contributed by atoms with Gasteiger partial charge in [-0.25, -0.2) is 0 Å². The van der Waals surface area contributed by atoms with E-state index >= 15 is 0 Å². The molecular weight excluding hydrogens is 252 g/mol. The molecule has 4 nitrogen and oxygen atoms in total. The van der Waals surface area contributed by atoms with Crippen molar-refractivity contribution in [2.75, 3.05) is 31.2 Å². The highest BCUT2D eigenvalue weighted by Gasteiger charge is 2.27. The van der Waals surface area contributed by atoms with E-state index in [9.17, 15) is 0 Å². The maximum Gasteiger partial charge on any atom is 0.163 e. The van der Waals surface area contributed by atoms with E-state index < -0.39 is 0 Å². The van der Waals surface area contributed by atoms with E-state index in [1.807, 2.05) is 6.07 Å². The molecule has 1 aromatic carbocycles. The van der Waals surface area contributed by atoms with Gasteiger partial charge < -0.3 is 20.1 Å². The first-order valence-electron chi connectivity index (χ1n) is 7.68. The van der Waals surface area contributed by atoms with E-state index in [-0.39, 0.29) is 0 Å². The van der Waals surface area contributed by atoms with Crippen molar-refractivity contribution >= 4 is 5.69 Å². The summed E-state index contributed by atoms with van der Waals surface area (Å²) >= 11 is 0. The first-order chi connectivity index (χ1) is 9.78. The van der Waals surface area contributed by atoms with Crippen LogP contribution < -0.4 is 20.1 Å². The predicted molar refractivity (Wildman–Crippen MR) is 80.6 cm³/mol. The summed E-state index contributed by atoms with van der Waals surface area (Å²) in [6.45, 7) is 5.63. The third-order valence-electron chi connectivity index (χ3n) is 4.34. The Balaban J connectivity index is 1.68. The number of benzene rings is 1. The maximum absolute atomic E-state index is 6.27. The van der Waals surface area contributed by atoms with Crippen molar-refractivity contribution in [2.24, 2.45) is 11.7 Å². The summed E-state index contributed by atoms with van der Waals surface area (Å²) in [5.74, 6) is 2.34. The molecule has 2 heterocycles. The molecule has 0 saturated carbocycles. The third-order valence-corrected chi connectivity index (χ3v) is 4.34. The lowest BCUT2D eigenvalue weighted by Crippen LogP contribution is -2.32. The van der Waals surface area contributed by atoms with Gasteiger partial charge in [0.15, 0.2) is 11.5 Å². The largest absolute Gasteiger partial charge is 0.486 e. The van der Waals surface area contributed by atoms with Crippen molar-refractivity contribution in [1.82, 2.24) is 0 Å². The monoisotopic (exact) mass is 276 g/mol. The SMILES string of the molecule is CCCC(N)C1CCN(c2ccc3c(c2)OCCO3)C1. The van der Waals surface area contributed by atoms with Crippen LogP contribution in [0.2, 0.25) is 0 Å². The van der Waals surface area contributed by atoms with Crippen LogP contribution in [0.3, 0.4) is 0 Å². The Morgan fingerprint density at radius 3 is 2.90 bits per heavy atom. The molecule has 1 saturated heterocycles. The summed E-state index contributed by atoms with van der Waals surface area (Å²) in [5, 5.41) is 0. The van der Waals surface area contributed by atoms with Crippen molar-refractivity contribution in [3.8, 4) is 11.5 Å². The molecule has 2 unspecified atom stereocenters. The summed E-state index contributed by atoms with van der Waals surface area (Å²) in [6.07, 6.45) is 3.48. The Labute approximate surface area is 120 Å². The average molecular weight is 276 g/mol. The molecule has 110 valence electrons. The zero-order valence-corrected chi connectivity index (χ0v) is 12.2. The van der Waals surface area contributed by atoms with Crippen molar-refractivity contribution in [3.63, 3.8) is 0 Å². The van der Waals surface area contributed by atoms with Crippen LogP contribution in [-0.2, 0) is 0 Å². The van der Waals surface area contributed by atoms with Gasteiger partial charge in [0, 0.05) is 30.9 Å². The van der Waals surface area contributed by atoms with Crippen molar-refractivity contribution in [3.05, 3.63) is 18.2 Å². The molecule has 1 fully saturated rings. The van der Waals surface area contributed by atoms with E-state index in [1.165, 1.54) is 18.5 Å². The second-order valence-electron chi connectivity index (χ2n) is 5.78. The molecule has 4 heteroatoms. The third kappa shape index (κ3) is 2.70. The fraction of sp³-hybridized carbons (Fsp3) is 0.625. The molecule has 3 rings (SSSR count). The molecule has 2 atom stereocenters. The first-order valence-corrected chi connectivity index (χ1v) is 7.68. The number of nitrogens with zero attached hydrogens (tertiary/aromatic N) is 1. The van der Waals surface area contributed by atoms with Gasteiger partial charge in [-0.1, -0.05) is 13.3 Å². The number of anilines is 1. The van der Waals surface area contributed by atoms with Gasteiger partial charge in [0.25, 0.3) is 0 Å². The van der Waals surface area contributed by atoms with Gasteiger partial charge in [-0.15, -0.1) is 0 Å². The van der Waals surface area contributed by atoms with Crippen molar-refractivity contribution < 1.29 is 9.47 Å². The Morgan fingerprint density at radius 1 is 1.30 bits per heavy atom. The molecule has 0 aliphatic carbocycles. The molecule has 1 aromatic rings. The van der Waals surface area contributed by atoms with Gasteiger partial charge in [-0.3, -0.25) is 0 Å². The molecule has 2 N–H and O–H groups in total. The number of hydrogen-bond acceptors (Lipinski definition) is 4. The van der Waals surface area contributed by atoms with Crippen molar-refractivity contribution in [1.29, 1.82) is 0 Å². The van der Waals surface area contributed by atoms with E-state index in [2.05, 4.69) is 24.0 Å². The first kappa shape index (κ1) is 13.6. The highest BCUT2D eigenvalue weighted by atomic mass is 16.6. The minimum Gasteiger partial charge on any atom is -0.486 e. The van der Waals surface area contributed by atoms with E-state index in [1.54, 1.807) is 0 Å². The summed E-state index contributed by atoms with van der Waals surface area (Å²) in [6, 6.07) is 6.58. The zero-order valence-electron chi connectivity index (χ0n) is 12.2. The van der Waals surface area contributed by atoms with Crippen LogP contribution >= 0.6 is 0 Å². The molecular formula is C16H24N2O2. The Morgan fingerprint density at radius 2 is 2.10 bits per heavy atom. The Hall–Kier alpha value is -1.42. The lowest BCUT2D eigenvalue weighted by atomic mass is 9.96. The zero-order chi connectivity index (χ0) is 13.9. The average Bonchev–Trinajstić information content (AvgIpc) is 2.97. The van der Waals surface area contributed by atoms with Crippen LogP contribution in [0.4, 0.5) is 5.69 Å². The topological polar surface area (TPSA) is 47.7 Å². The fourth-order valence-corrected chi connectivity index (χ4v) is 3.17. The summed E-state index contributed by atoms with van der Waals surface area (Å²) < 4.78 is 11.2. The van der Waals surface area contributed by atoms with Gasteiger partial charge in [0.1, 0.15) is 13.2 Å². The smallest absolute Gasteiger partial charge is 0.163 e. The number of hydrogen-bond donors (Lipinski definition) is 1. The highest BCUT2D eigenvalue weighted by Crippen LogP contribution is 2.36. The van der Waals surface area contributed by atoms with Gasteiger partial charge in [0.05, 0.1) is 0 Å². The van der Waals surface area contributed by atoms with E-state index in [4.69, 9.17) is 15.2 Å². The predicted octanol–water partition coefficient (Wildman–Crippen LogP) is 2.41. The molecule has 2 aliphatic heterocycles. The molecule has 2 aliphatic rings. The molecule has 0 spiro atoms. The number of rotatable bonds is 4. The number of ether oxygens (including phenoxy) is 2. The molecule has 0 radical (unpaired) electrons. The summed E-state index contributed by atoms with van der Waals surface area (Å²) in [7, 11) is 0. The van der Waals surface area contributed by atoms with Gasteiger partial charge in [-0.2, -0.15) is 0 Å². The Bertz CT molecular complexity index is 464. The van der Waals surface area contributed by atoms with Crippen LogP contribution in [0.25, 0.3) is 0 Å². The molecule has 0 aromatic heterocycles. The minimum absolute atomic E-state index is 0.335. The van der Waals surface area contributed by atoms with Gasteiger partial charge in [0.2, 0.25) is 0 Å². The van der Waals surface area contributed by atoms with Crippen LogP contribution in [0, 0.1) is 5.92 Å². The van der Waals surface area contributed by atoms with Crippen LogP contribution in [0.1, 0.15) is 26.2 Å². The second-order valence-corrected chi connectivity index (χ2v) is 5.78. The molecule has 0 amide bonds. The highest BCUT2D eigenvalue weighted by molar-refractivity contribution is 5.57. The summed E-state index contributed by atoms with van der Waals surface area (Å²) in [5.41, 5.74) is 7.49. The van der Waals surface area contributed by atoms with Gasteiger partial charge >= 0.3 is 0 Å². The van der Waals surface area contributed by atoms with Crippen LogP contribution in [-0.4, -0.2) is 32.3 Å². The number of fused-ring (bicyclic) bond motifs is 1. The Kier molecular flexibility index (Phi) is 4.01. The second kappa shape index (κ2) is 5.92. The lowest BCUT2D eigenvalue weighted by molar-refractivity contribution is 0.171. The lowest BCUT2D eigenvalue weighted by Gasteiger charge is -2.24. The quantitative estimate of drug-likeness (QED) is 0.917. The van der Waals surface area contributed by atoms with Crippen LogP contribution in [0.15, 0.2) is 18.2 Å². The minimum atomic E-state index is 0.335. The normalized spacial score (nSPS) is 22.9. The maximum atomic E-state index is 6.27. The van der Waals surface area contributed by atoms with E-state index in [0.29, 0.717) is 25.2 Å². The van der Waals surface area contributed by atoms with Crippen LogP contribution in [0.5, 0.6) is 11.5 Å². The van der Waals surface area contributed by atoms with E-state index in [0.717, 1.165) is 31.0 Å². The van der Waals surface area contributed by atoms with Crippen molar-refractivity contribution in [2.45, 2.75) is 32.2 Å².